The highest BCUT2D eigenvalue weighted by atomic mass is 32.2. The van der Waals surface area contributed by atoms with Crippen molar-refractivity contribution in [2.24, 2.45) is 0 Å². The first-order valence-electron chi connectivity index (χ1n) is 10.1. The fourth-order valence-corrected chi connectivity index (χ4v) is 3.22. The molecular formula is C19H36O7S. The summed E-state index contributed by atoms with van der Waals surface area (Å²) in [6.45, 7) is 4.39. The van der Waals surface area contributed by atoms with E-state index in [1.54, 1.807) is 0 Å². The SMILES string of the molecule is CCCCCCCCCCOC(=O)CC(C(=O)OCCCCC)S(=O)(=O)O. The molecule has 0 heterocycles. The molecule has 8 heteroatoms. The van der Waals surface area contributed by atoms with Crippen LogP contribution in [0.15, 0.2) is 0 Å². The maximum atomic E-state index is 11.8. The van der Waals surface area contributed by atoms with E-state index in [0.29, 0.717) is 12.8 Å². The van der Waals surface area contributed by atoms with E-state index in [4.69, 9.17) is 9.47 Å². The van der Waals surface area contributed by atoms with Crippen molar-refractivity contribution < 1.29 is 32.0 Å². The lowest BCUT2D eigenvalue weighted by molar-refractivity contribution is -0.150. The Morgan fingerprint density at radius 2 is 1.22 bits per heavy atom. The largest absolute Gasteiger partial charge is 0.466 e. The highest BCUT2D eigenvalue weighted by Crippen LogP contribution is 2.11. The highest BCUT2D eigenvalue weighted by molar-refractivity contribution is 7.87. The van der Waals surface area contributed by atoms with Gasteiger partial charge in [-0.1, -0.05) is 71.6 Å². The Bertz CT molecular complexity index is 502. The van der Waals surface area contributed by atoms with Gasteiger partial charge in [0.2, 0.25) is 0 Å². The van der Waals surface area contributed by atoms with Crippen molar-refractivity contribution in [3.63, 3.8) is 0 Å². The summed E-state index contributed by atoms with van der Waals surface area (Å²) in [5.41, 5.74) is 0. The lowest BCUT2D eigenvalue weighted by Gasteiger charge is -2.13. The lowest BCUT2D eigenvalue weighted by atomic mass is 10.1. The normalized spacial score (nSPS) is 12.6. The Balaban J connectivity index is 4.07. The molecule has 1 N–H and O–H groups in total. The Kier molecular flexibility index (Phi) is 15.2. The van der Waals surface area contributed by atoms with Crippen LogP contribution in [0.5, 0.6) is 0 Å². The molecule has 0 aromatic heterocycles. The molecule has 160 valence electrons. The van der Waals surface area contributed by atoms with E-state index in [1.807, 2.05) is 6.92 Å². The first-order chi connectivity index (χ1) is 12.8. The first kappa shape index (κ1) is 25.9. The van der Waals surface area contributed by atoms with Crippen LogP contribution >= 0.6 is 0 Å². The molecule has 0 aromatic carbocycles. The summed E-state index contributed by atoms with van der Waals surface area (Å²) >= 11 is 0. The second kappa shape index (κ2) is 15.9. The zero-order valence-corrected chi connectivity index (χ0v) is 17.6. The third kappa shape index (κ3) is 14.6. The van der Waals surface area contributed by atoms with E-state index in [-0.39, 0.29) is 13.2 Å². The van der Waals surface area contributed by atoms with Crippen molar-refractivity contribution in [3.05, 3.63) is 0 Å². The van der Waals surface area contributed by atoms with E-state index in [2.05, 4.69) is 6.92 Å². The highest BCUT2D eigenvalue weighted by Gasteiger charge is 2.35. The van der Waals surface area contributed by atoms with Gasteiger partial charge in [-0.2, -0.15) is 8.42 Å². The average Bonchev–Trinajstić information content (AvgIpc) is 2.60. The summed E-state index contributed by atoms with van der Waals surface area (Å²) in [4.78, 5) is 23.6. The number of carbonyl (C=O) groups excluding carboxylic acids is 2. The van der Waals surface area contributed by atoms with Gasteiger partial charge >= 0.3 is 11.9 Å². The van der Waals surface area contributed by atoms with Crippen LogP contribution in [0.2, 0.25) is 0 Å². The van der Waals surface area contributed by atoms with E-state index in [0.717, 1.165) is 32.1 Å². The first-order valence-corrected chi connectivity index (χ1v) is 11.6. The van der Waals surface area contributed by atoms with Gasteiger partial charge in [0, 0.05) is 0 Å². The van der Waals surface area contributed by atoms with Crippen molar-refractivity contribution in [1.82, 2.24) is 0 Å². The Labute approximate surface area is 163 Å². The molecule has 0 fully saturated rings. The second-order valence-electron chi connectivity index (χ2n) is 6.78. The van der Waals surface area contributed by atoms with Crippen molar-refractivity contribution >= 4 is 22.1 Å². The van der Waals surface area contributed by atoms with Crippen LogP contribution in [0.25, 0.3) is 0 Å². The number of ether oxygens (including phenoxy) is 2. The van der Waals surface area contributed by atoms with Crippen molar-refractivity contribution in [2.45, 2.75) is 96.1 Å². The predicted octanol–water partition coefficient (Wildman–Crippen LogP) is 4.05. The maximum Gasteiger partial charge on any atom is 0.327 e. The van der Waals surface area contributed by atoms with Gasteiger partial charge in [-0.05, 0) is 12.8 Å². The molecule has 0 aliphatic carbocycles. The molecule has 0 saturated carbocycles. The van der Waals surface area contributed by atoms with Gasteiger partial charge < -0.3 is 9.47 Å². The number of hydrogen-bond acceptors (Lipinski definition) is 6. The quantitative estimate of drug-likeness (QED) is 0.220. The predicted molar refractivity (Wildman–Crippen MR) is 104 cm³/mol. The third-order valence-corrected chi connectivity index (χ3v) is 5.31. The van der Waals surface area contributed by atoms with Crippen LogP contribution < -0.4 is 0 Å². The molecule has 0 saturated heterocycles. The van der Waals surface area contributed by atoms with Gasteiger partial charge in [-0.3, -0.25) is 14.1 Å². The smallest absolute Gasteiger partial charge is 0.327 e. The van der Waals surface area contributed by atoms with Gasteiger partial charge in [0.05, 0.1) is 19.6 Å². The summed E-state index contributed by atoms with van der Waals surface area (Å²) in [6, 6.07) is 0. The van der Waals surface area contributed by atoms with E-state index < -0.39 is 33.7 Å². The molecule has 0 aromatic rings. The standard InChI is InChI=1S/C19H36O7S/c1-3-5-7-8-9-10-11-13-14-25-18(20)16-17(27(22,23)24)19(21)26-15-12-6-4-2/h17H,3-16H2,1-2H3,(H,22,23,24). The van der Waals surface area contributed by atoms with Crippen LogP contribution in [0.3, 0.4) is 0 Å². The van der Waals surface area contributed by atoms with Crippen LogP contribution in [0.4, 0.5) is 0 Å². The van der Waals surface area contributed by atoms with Crippen LogP contribution in [-0.4, -0.2) is 43.4 Å². The summed E-state index contributed by atoms with van der Waals surface area (Å²) in [5.74, 6) is -1.94. The van der Waals surface area contributed by atoms with Gasteiger partial charge in [0.1, 0.15) is 0 Å². The van der Waals surface area contributed by atoms with E-state index in [9.17, 15) is 22.6 Å². The van der Waals surface area contributed by atoms with Crippen LogP contribution in [-0.2, 0) is 29.2 Å². The molecule has 0 radical (unpaired) electrons. The fourth-order valence-electron chi connectivity index (χ4n) is 2.56. The Morgan fingerprint density at radius 3 is 1.78 bits per heavy atom. The molecule has 27 heavy (non-hydrogen) atoms. The van der Waals surface area contributed by atoms with Crippen molar-refractivity contribution in [3.8, 4) is 0 Å². The zero-order chi connectivity index (χ0) is 20.5. The fraction of sp³-hybridized carbons (Fsp3) is 0.895. The Morgan fingerprint density at radius 1 is 0.778 bits per heavy atom. The zero-order valence-electron chi connectivity index (χ0n) is 16.8. The third-order valence-electron chi connectivity index (χ3n) is 4.23. The summed E-state index contributed by atoms with van der Waals surface area (Å²) in [7, 11) is -4.73. The van der Waals surface area contributed by atoms with Gasteiger partial charge in [0.25, 0.3) is 10.1 Å². The molecule has 7 nitrogen and oxygen atoms in total. The molecule has 0 aliphatic heterocycles. The van der Waals surface area contributed by atoms with Gasteiger partial charge in [-0.15, -0.1) is 0 Å². The molecule has 1 unspecified atom stereocenters. The molecule has 0 aliphatic rings. The van der Waals surface area contributed by atoms with Crippen molar-refractivity contribution in [1.29, 1.82) is 0 Å². The van der Waals surface area contributed by atoms with E-state index in [1.165, 1.54) is 25.7 Å². The maximum absolute atomic E-state index is 11.8. The average molecular weight is 409 g/mol. The Hall–Kier alpha value is -1.15. The molecular weight excluding hydrogens is 372 g/mol. The number of carbonyl (C=O) groups is 2. The minimum absolute atomic E-state index is 0.0615. The summed E-state index contributed by atoms with van der Waals surface area (Å²) < 4.78 is 41.8. The number of rotatable bonds is 17. The minimum atomic E-state index is -4.73. The number of hydrogen-bond donors (Lipinski definition) is 1. The molecule has 0 amide bonds. The summed E-state index contributed by atoms with van der Waals surface area (Å²) in [5, 5.41) is -1.93. The van der Waals surface area contributed by atoms with Gasteiger partial charge in [-0.25, -0.2) is 0 Å². The number of unbranched alkanes of at least 4 members (excludes halogenated alkanes) is 9. The lowest BCUT2D eigenvalue weighted by Crippen LogP contribution is -2.34. The molecule has 0 spiro atoms. The number of esters is 2. The van der Waals surface area contributed by atoms with E-state index >= 15 is 0 Å². The molecule has 0 bridgehead atoms. The minimum Gasteiger partial charge on any atom is -0.466 e. The summed E-state index contributed by atoms with van der Waals surface area (Å²) in [6.07, 6.45) is 10.4. The monoisotopic (exact) mass is 408 g/mol. The van der Waals surface area contributed by atoms with Gasteiger partial charge in [0.15, 0.2) is 5.25 Å². The van der Waals surface area contributed by atoms with Crippen molar-refractivity contribution in [2.75, 3.05) is 13.2 Å². The van der Waals surface area contributed by atoms with Crippen LogP contribution in [0, 0.1) is 0 Å². The second-order valence-corrected chi connectivity index (χ2v) is 8.38. The molecule has 1 atom stereocenters. The molecule has 0 rings (SSSR count). The van der Waals surface area contributed by atoms with Crippen LogP contribution in [0.1, 0.15) is 90.9 Å². The topological polar surface area (TPSA) is 107 Å².